The van der Waals surface area contributed by atoms with Crippen molar-refractivity contribution in [3.05, 3.63) is 12.2 Å². The van der Waals surface area contributed by atoms with Crippen LogP contribution in [-0.4, -0.2) is 25.0 Å². The highest BCUT2D eigenvalue weighted by Crippen LogP contribution is 2.12. The van der Waals surface area contributed by atoms with Gasteiger partial charge in [-0.25, -0.2) is 4.79 Å². The fourth-order valence-corrected chi connectivity index (χ4v) is 1.65. The van der Waals surface area contributed by atoms with Gasteiger partial charge in [-0.2, -0.15) is 0 Å². The van der Waals surface area contributed by atoms with Gasteiger partial charge in [0.15, 0.2) is 0 Å². The van der Waals surface area contributed by atoms with Crippen LogP contribution in [-0.2, 0) is 14.3 Å². The second kappa shape index (κ2) is 11.5. The van der Waals surface area contributed by atoms with E-state index in [-0.39, 0.29) is 5.91 Å². The number of unbranched alkanes of at least 4 members (excludes halogenated alkanes) is 1. The molecule has 0 saturated carbocycles. The second-order valence-electron chi connectivity index (χ2n) is 5.52. The number of rotatable bonds is 10. The molecule has 4 nitrogen and oxygen atoms in total. The highest BCUT2D eigenvalue weighted by Gasteiger charge is 2.08. The average molecular weight is 283 g/mol. The first-order chi connectivity index (χ1) is 9.49. The van der Waals surface area contributed by atoms with E-state index in [0.29, 0.717) is 25.0 Å². The molecule has 116 valence electrons. The topological polar surface area (TPSA) is 55.4 Å². The molecule has 0 aromatic rings. The standard InChI is InChI=1S/C16H29NO3/c1-5-7-8-14(6-2)12-20-16(19)10-9-15(18)17-11-13(3)4/h9-10,13-14H,5-8,11-12H2,1-4H3,(H,17,18)/b10-9-. The van der Waals surface area contributed by atoms with Crippen molar-refractivity contribution in [2.45, 2.75) is 53.4 Å². The molecule has 1 unspecified atom stereocenters. The van der Waals surface area contributed by atoms with E-state index < -0.39 is 5.97 Å². The number of nitrogens with one attached hydrogen (secondary N) is 1. The molecule has 1 atom stereocenters. The molecular weight excluding hydrogens is 254 g/mol. The van der Waals surface area contributed by atoms with Gasteiger partial charge < -0.3 is 10.1 Å². The fourth-order valence-electron chi connectivity index (χ4n) is 1.65. The predicted molar refractivity (Wildman–Crippen MR) is 81.3 cm³/mol. The van der Waals surface area contributed by atoms with Gasteiger partial charge in [0.25, 0.3) is 0 Å². The normalized spacial score (nSPS) is 12.7. The van der Waals surface area contributed by atoms with Crippen LogP contribution in [0.4, 0.5) is 0 Å². The molecule has 0 radical (unpaired) electrons. The van der Waals surface area contributed by atoms with E-state index >= 15 is 0 Å². The lowest BCUT2D eigenvalue weighted by atomic mass is 10.0. The fraction of sp³-hybridized carbons (Fsp3) is 0.750. The Morgan fingerprint density at radius 2 is 1.90 bits per heavy atom. The van der Waals surface area contributed by atoms with Crippen molar-refractivity contribution >= 4 is 11.9 Å². The Hall–Kier alpha value is -1.32. The maximum Gasteiger partial charge on any atom is 0.330 e. The van der Waals surface area contributed by atoms with E-state index in [1.807, 2.05) is 13.8 Å². The molecule has 0 aromatic carbocycles. The predicted octanol–water partition coefficient (Wildman–Crippen LogP) is 3.07. The first-order valence-corrected chi connectivity index (χ1v) is 7.62. The summed E-state index contributed by atoms with van der Waals surface area (Å²) in [6.07, 6.45) is 6.83. The van der Waals surface area contributed by atoms with Gasteiger partial charge in [0, 0.05) is 18.7 Å². The van der Waals surface area contributed by atoms with Gasteiger partial charge in [-0.1, -0.05) is 47.0 Å². The molecule has 1 amide bonds. The maximum atomic E-state index is 11.5. The minimum absolute atomic E-state index is 0.256. The SMILES string of the molecule is CCCCC(CC)COC(=O)/C=C\C(=O)NCC(C)C. The Morgan fingerprint density at radius 1 is 1.20 bits per heavy atom. The number of esters is 1. The third-order valence-corrected chi connectivity index (χ3v) is 3.06. The smallest absolute Gasteiger partial charge is 0.330 e. The van der Waals surface area contributed by atoms with Gasteiger partial charge in [-0.15, -0.1) is 0 Å². The highest BCUT2D eigenvalue weighted by atomic mass is 16.5. The van der Waals surface area contributed by atoms with E-state index in [0.717, 1.165) is 25.7 Å². The Balaban J connectivity index is 3.93. The molecule has 0 fully saturated rings. The molecule has 0 rings (SSSR count). The van der Waals surface area contributed by atoms with Crippen LogP contribution in [0.5, 0.6) is 0 Å². The molecule has 0 aliphatic rings. The van der Waals surface area contributed by atoms with Crippen LogP contribution >= 0.6 is 0 Å². The molecule has 0 saturated heterocycles. The molecular formula is C16H29NO3. The molecule has 1 N–H and O–H groups in total. The Labute approximate surface area is 123 Å². The highest BCUT2D eigenvalue weighted by molar-refractivity contribution is 5.94. The van der Waals surface area contributed by atoms with Gasteiger partial charge in [-0.05, 0) is 18.3 Å². The van der Waals surface area contributed by atoms with Crippen molar-refractivity contribution in [3.63, 3.8) is 0 Å². The van der Waals surface area contributed by atoms with Crippen molar-refractivity contribution in [2.75, 3.05) is 13.2 Å². The van der Waals surface area contributed by atoms with E-state index in [9.17, 15) is 9.59 Å². The summed E-state index contributed by atoms with van der Waals surface area (Å²) in [7, 11) is 0. The van der Waals surface area contributed by atoms with Gasteiger partial charge in [-0.3, -0.25) is 4.79 Å². The van der Waals surface area contributed by atoms with Crippen LogP contribution in [0.15, 0.2) is 12.2 Å². The third kappa shape index (κ3) is 10.6. The Morgan fingerprint density at radius 3 is 2.45 bits per heavy atom. The molecule has 0 heterocycles. The number of ether oxygens (including phenoxy) is 1. The molecule has 20 heavy (non-hydrogen) atoms. The van der Waals surface area contributed by atoms with Crippen LogP contribution in [0.1, 0.15) is 53.4 Å². The first kappa shape index (κ1) is 18.7. The zero-order valence-corrected chi connectivity index (χ0v) is 13.3. The lowest BCUT2D eigenvalue weighted by Gasteiger charge is -2.13. The number of carbonyl (C=O) groups excluding carboxylic acids is 2. The van der Waals surface area contributed by atoms with Gasteiger partial charge in [0.1, 0.15) is 0 Å². The van der Waals surface area contributed by atoms with E-state index in [2.05, 4.69) is 19.2 Å². The number of hydrogen-bond acceptors (Lipinski definition) is 3. The summed E-state index contributed by atoms with van der Waals surface area (Å²) in [6, 6.07) is 0. The summed E-state index contributed by atoms with van der Waals surface area (Å²) in [5.41, 5.74) is 0. The van der Waals surface area contributed by atoms with Crippen molar-refractivity contribution in [3.8, 4) is 0 Å². The average Bonchev–Trinajstić information content (AvgIpc) is 2.43. The molecule has 0 aliphatic heterocycles. The van der Waals surface area contributed by atoms with Crippen LogP contribution in [0.2, 0.25) is 0 Å². The van der Waals surface area contributed by atoms with E-state index in [1.54, 1.807) is 0 Å². The Bertz CT molecular complexity index is 311. The summed E-state index contributed by atoms with van der Waals surface area (Å²) in [6.45, 7) is 9.32. The van der Waals surface area contributed by atoms with Crippen molar-refractivity contribution < 1.29 is 14.3 Å². The van der Waals surface area contributed by atoms with Crippen molar-refractivity contribution in [2.24, 2.45) is 11.8 Å². The van der Waals surface area contributed by atoms with Crippen molar-refractivity contribution in [1.82, 2.24) is 5.32 Å². The molecule has 4 heteroatoms. The number of amides is 1. The second-order valence-corrected chi connectivity index (χ2v) is 5.52. The summed E-state index contributed by atoms with van der Waals surface area (Å²) >= 11 is 0. The summed E-state index contributed by atoms with van der Waals surface area (Å²) < 4.78 is 5.16. The van der Waals surface area contributed by atoms with Gasteiger partial charge in [0.05, 0.1) is 6.61 Å². The van der Waals surface area contributed by atoms with E-state index in [1.165, 1.54) is 12.2 Å². The summed E-state index contributed by atoms with van der Waals surface area (Å²) in [5.74, 6) is 0.110. The minimum Gasteiger partial charge on any atom is -0.462 e. The monoisotopic (exact) mass is 283 g/mol. The van der Waals surface area contributed by atoms with Gasteiger partial charge in [0.2, 0.25) is 5.91 Å². The molecule has 0 spiro atoms. The molecule has 0 aliphatic carbocycles. The minimum atomic E-state index is -0.445. The number of carbonyl (C=O) groups is 2. The summed E-state index contributed by atoms with van der Waals surface area (Å²) in [5, 5.41) is 2.71. The maximum absolute atomic E-state index is 11.5. The number of hydrogen-bond donors (Lipinski definition) is 1. The summed E-state index contributed by atoms with van der Waals surface area (Å²) in [4.78, 5) is 22.9. The van der Waals surface area contributed by atoms with Crippen LogP contribution in [0, 0.1) is 11.8 Å². The molecule has 0 aromatic heterocycles. The largest absolute Gasteiger partial charge is 0.462 e. The van der Waals surface area contributed by atoms with Crippen LogP contribution in [0.25, 0.3) is 0 Å². The van der Waals surface area contributed by atoms with Crippen molar-refractivity contribution in [1.29, 1.82) is 0 Å². The quantitative estimate of drug-likeness (QED) is 0.495. The lowest BCUT2D eigenvalue weighted by molar-refractivity contribution is -0.139. The van der Waals surface area contributed by atoms with Crippen LogP contribution in [0.3, 0.4) is 0 Å². The zero-order chi connectivity index (χ0) is 15.4. The molecule has 0 bridgehead atoms. The third-order valence-electron chi connectivity index (χ3n) is 3.06. The van der Waals surface area contributed by atoms with E-state index in [4.69, 9.17) is 4.74 Å². The first-order valence-electron chi connectivity index (χ1n) is 7.62. The zero-order valence-electron chi connectivity index (χ0n) is 13.3. The van der Waals surface area contributed by atoms with Gasteiger partial charge >= 0.3 is 5.97 Å². The van der Waals surface area contributed by atoms with Crippen LogP contribution < -0.4 is 5.32 Å². The Kier molecular flexibility index (Phi) is 10.7. The lowest BCUT2D eigenvalue weighted by Crippen LogP contribution is -2.25.